The molecule has 2 heterocycles. The quantitative estimate of drug-likeness (QED) is 0.549. The Hall–Kier alpha value is -2.61. The number of imidazole rings is 1. The minimum atomic E-state index is -0.439. The van der Waals surface area contributed by atoms with Crippen molar-refractivity contribution in [3.05, 3.63) is 56.2 Å². The zero-order valence-corrected chi connectivity index (χ0v) is 16.8. The van der Waals surface area contributed by atoms with E-state index in [1.807, 2.05) is 24.3 Å². The van der Waals surface area contributed by atoms with Gasteiger partial charge in [-0.2, -0.15) is 0 Å². The van der Waals surface area contributed by atoms with Gasteiger partial charge >= 0.3 is 5.69 Å². The van der Waals surface area contributed by atoms with Crippen LogP contribution >= 0.6 is 11.8 Å². The van der Waals surface area contributed by atoms with Gasteiger partial charge in [0.25, 0.3) is 5.56 Å². The summed E-state index contributed by atoms with van der Waals surface area (Å²) in [5, 5.41) is 0.433. The summed E-state index contributed by atoms with van der Waals surface area (Å²) in [5.74, 6) is 0.158. The topological polar surface area (TPSA) is 89.8 Å². The van der Waals surface area contributed by atoms with Crippen molar-refractivity contribution in [2.45, 2.75) is 31.3 Å². The van der Waals surface area contributed by atoms with Crippen molar-refractivity contribution in [1.82, 2.24) is 19.1 Å². The number of nitrogens with one attached hydrogen (secondary N) is 1. The first kappa shape index (κ1) is 19.2. The fourth-order valence-corrected chi connectivity index (χ4v) is 3.51. The molecule has 27 heavy (non-hydrogen) atoms. The predicted molar refractivity (Wildman–Crippen MR) is 107 cm³/mol. The number of rotatable bonds is 4. The Labute approximate surface area is 160 Å². The monoisotopic (exact) mass is 386 g/mol. The lowest BCUT2D eigenvalue weighted by Gasteiger charge is -2.18. The lowest BCUT2D eigenvalue weighted by molar-refractivity contribution is 0.102. The van der Waals surface area contributed by atoms with Gasteiger partial charge in [0, 0.05) is 19.7 Å². The molecule has 2 aromatic heterocycles. The van der Waals surface area contributed by atoms with E-state index < -0.39 is 11.2 Å². The number of nitrogens with zero attached hydrogens (tertiary/aromatic N) is 3. The van der Waals surface area contributed by atoms with E-state index in [1.54, 1.807) is 7.05 Å². The lowest BCUT2D eigenvalue weighted by Crippen LogP contribution is -2.36. The van der Waals surface area contributed by atoms with Gasteiger partial charge in [-0.15, -0.1) is 0 Å². The molecular weight excluding hydrogens is 364 g/mol. The fourth-order valence-electron chi connectivity index (χ4n) is 2.75. The van der Waals surface area contributed by atoms with E-state index in [0.29, 0.717) is 10.7 Å². The number of hydrogen-bond donors (Lipinski definition) is 1. The minimum Gasteiger partial charge on any atom is -0.327 e. The molecule has 0 amide bonds. The maximum atomic E-state index is 12.5. The molecule has 8 heteroatoms. The van der Waals surface area contributed by atoms with Crippen LogP contribution in [0.3, 0.4) is 0 Å². The number of fused-ring (bicyclic) bond motifs is 1. The number of aromatic amines is 1. The third-order valence-corrected chi connectivity index (χ3v) is 5.36. The van der Waals surface area contributed by atoms with Crippen LogP contribution in [0.4, 0.5) is 0 Å². The molecule has 0 bridgehead atoms. The number of carbonyl (C=O) groups is 1. The molecule has 0 radical (unpaired) electrons. The van der Waals surface area contributed by atoms with Crippen LogP contribution in [0.5, 0.6) is 0 Å². The largest absolute Gasteiger partial charge is 0.332 e. The minimum absolute atomic E-state index is 0.0253. The standard InChI is InChI=1S/C19H22N4O3S/c1-19(2,3)12-8-6-11(7-9-12)13(24)10-27-17-20-14-15(21-17)22(4)18(26)23(5)16(14)25/h6-9H,10H2,1-5H3,(H,20,21). The van der Waals surface area contributed by atoms with Gasteiger partial charge in [-0.05, 0) is 11.0 Å². The summed E-state index contributed by atoms with van der Waals surface area (Å²) in [7, 11) is 2.98. The van der Waals surface area contributed by atoms with Gasteiger partial charge in [0.15, 0.2) is 22.1 Å². The van der Waals surface area contributed by atoms with Crippen molar-refractivity contribution in [2.24, 2.45) is 14.1 Å². The van der Waals surface area contributed by atoms with Crippen LogP contribution in [0.15, 0.2) is 39.0 Å². The number of hydrogen-bond acceptors (Lipinski definition) is 5. The molecule has 0 atom stereocenters. The maximum absolute atomic E-state index is 12.5. The molecule has 7 nitrogen and oxygen atoms in total. The second kappa shape index (κ2) is 6.84. The molecule has 0 aliphatic carbocycles. The van der Waals surface area contributed by atoms with E-state index in [1.165, 1.54) is 28.9 Å². The Morgan fingerprint density at radius 1 is 1.11 bits per heavy atom. The smallest absolute Gasteiger partial charge is 0.327 e. The van der Waals surface area contributed by atoms with Crippen molar-refractivity contribution in [2.75, 3.05) is 5.75 Å². The molecule has 0 aliphatic heterocycles. The SMILES string of the molecule is Cn1c(=O)c2[nH]c(SCC(=O)c3ccc(C(C)(C)C)cc3)nc2n(C)c1=O. The number of Topliss-reactive ketones (excluding diaryl/α,β-unsaturated/α-hetero) is 1. The molecule has 3 aromatic rings. The van der Waals surface area contributed by atoms with Crippen LogP contribution < -0.4 is 11.2 Å². The van der Waals surface area contributed by atoms with Crippen molar-refractivity contribution in [1.29, 1.82) is 0 Å². The van der Waals surface area contributed by atoms with Crippen LogP contribution in [-0.4, -0.2) is 30.6 Å². The van der Waals surface area contributed by atoms with E-state index in [4.69, 9.17) is 0 Å². The molecule has 0 saturated carbocycles. The van der Waals surface area contributed by atoms with Gasteiger partial charge in [-0.3, -0.25) is 18.7 Å². The second-order valence-electron chi connectivity index (χ2n) is 7.49. The van der Waals surface area contributed by atoms with Gasteiger partial charge in [-0.1, -0.05) is 56.8 Å². The third kappa shape index (κ3) is 3.62. The first-order valence-corrected chi connectivity index (χ1v) is 9.50. The van der Waals surface area contributed by atoms with Gasteiger partial charge in [0.05, 0.1) is 5.75 Å². The Morgan fingerprint density at radius 3 is 2.33 bits per heavy atom. The Kier molecular flexibility index (Phi) is 4.86. The summed E-state index contributed by atoms with van der Waals surface area (Å²) in [6, 6.07) is 7.61. The number of carbonyl (C=O) groups excluding carboxylic acids is 1. The van der Waals surface area contributed by atoms with E-state index in [-0.39, 0.29) is 28.1 Å². The van der Waals surface area contributed by atoms with Gasteiger partial charge in [-0.25, -0.2) is 9.78 Å². The zero-order chi connectivity index (χ0) is 19.9. The first-order chi connectivity index (χ1) is 12.6. The van der Waals surface area contributed by atoms with Crippen LogP contribution in [-0.2, 0) is 19.5 Å². The highest BCUT2D eigenvalue weighted by Crippen LogP contribution is 2.23. The summed E-state index contributed by atoms with van der Waals surface area (Å²) in [6.45, 7) is 6.37. The number of aryl methyl sites for hydroxylation is 1. The average Bonchev–Trinajstić information content (AvgIpc) is 3.06. The Morgan fingerprint density at radius 2 is 1.74 bits per heavy atom. The van der Waals surface area contributed by atoms with E-state index >= 15 is 0 Å². The number of thioether (sulfide) groups is 1. The Balaban J connectivity index is 1.80. The number of benzene rings is 1. The molecule has 1 N–H and O–H groups in total. The maximum Gasteiger partial charge on any atom is 0.332 e. The van der Waals surface area contributed by atoms with Crippen LogP contribution in [0, 0.1) is 0 Å². The molecule has 1 aromatic carbocycles. The number of aromatic nitrogens is 4. The average molecular weight is 386 g/mol. The summed E-state index contributed by atoms with van der Waals surface area (Å²) in [4.78, 5) is 43.8. The third-order valence-electron chi connectivity index (χ3n) is 4.49. The van der Waals surface area contributed by atoms with Crippen molar-refractivity contribution in [3.63, 3.8) is 0 Å². The van der Waals surface area contributed by atoms with Gasteiger partial charge in [0.1, 0.15) is 0 Å². The Bertz CT molecular complexity index is 1130. The highest BCUT2D eigenvalue weighted by Gasteiger charge is 2.16. The van der Waals surface area contributed by atoms with E-state index in [0.717, 1.165) is 4.57 Å². The highest BCUT2D eigenvalue weighted by molar-refractivity contribution is 7.99. The van der Waals surface area contributed by atoms with Crippen LogP contribution in [0.25, 0.3) is 11.2 Å². The molecular formula is C19H22N4O3S. The molecule has 3 rings (SSSR count). The second-order valence-corrected chi connectivity index (χ2v) is 8.45. The normalized spacial score (nSPS) is 11.9. The molecule has 0 aliphatic rings. The van der Waals surface area contributed by atoms with E-state index in [9.17, 15) is 14.4 Å². The molecule has 0 unspecified atom stereocenters. The number of H-pyrrole nitrogens is 1. The van der Waals surface area contributed by atoms with Crippen molar-refractivity contribution in [3.8, 4) is 0 Å². The summed E-state index contributed by atoms with van der Waals surface area (Å²) in [6.07, 6.45) is 0. The van der Waals surface area contributed by atoms with Crippen LogP contribution in [0.2, 0.25) is 0 Å². The molecule has 0 saturated heterocycles. The summed E-state index contributed by atoms with van der Waals surface area (Å²) >= 11 is 1.21. The summed E-state index contributed by atoms with van der Waals surface area (Å²) in [5.41, 5.74) is 1.50. The van der Waals surface area contributed by atoms with Gasteiger partial charge in [0.2, 0.25) is 0 Å². The molecule has 0 spiro atoms. The highest BCUT2D eigenvalue weighted by atomic mass is 32.2. The van der Waals surface area contributed by atoms with E-state index in [2.05, 4.69) is 30.7 Å². The van der Waals surface area contributed by atoms with Crippen molar-refractivity contribution >= 4 is 28.7 Å². The van der Waals surface area contributed by atoms with Gasteiger partial charge < -0.3 is 4.98 Å². The predicted octanol–water partition coefficient (Wildman–Crippen LogP) is 2.23. The van der Waals surface area contributed by atoms with Crippen LogP contribution in [0.1, 0.15) is 36.7 Å². The summed E-state index contributed by atoms with van der Waals surface area (Å²) < 4.78 is 2.33. The van der Waals surface area contributed by atoms with Crippen molar-refractivity contribution < 1.29 is 4.79 Å². The zero-order valence-electron chi connectivity index (χ0n) is 16.0. The fraction of sp³-hybridized carbons (Fsp3) is 0.368. The molecule has 142 valence electrons. The lowest BCUT2D eigenvalue weighted by atomic mass is 9.86. The molecule has 0 fully saturated rings. The number of ketones is 1. The first-order valence-electron chi connectivity index (χ1n) is 8.52.